The summed E-state index contributed by atoms with van der Waals surface area (Å²) >= 11 is 0. The summed E-state index contributed by atoms with van der Waals surface area (Å²) in [6.07, 6.45) is -5.06. The van der Waals surface area contributed by atoms with E-state index in [4.69, 9.17) is 9.84 Å². The lowest BCUT2D eigenvalue weighted by molar-refractivity contribution is -0.136. The Morgan fingerprint density at radius 2 is 2.06 bits per heavy atom. The second-order valence-corrected chi connectivity index (χ2v) is 3.55. The van der Waals surface area contributed by atoms with Gasteiger partial charge in [0.05, 0.1) is 6.61 Å². The Morgan fingerprint density at radius 3 is 2.72 bits per heavy atom. The molecule has 2 nitrogen and oxygen atoms in total. The summed E-state index contributed by atoms with van der Waals surface area (Å²) < 4.78 is 40.9. The van der Waals surface area contributed by atoms with Crippen molar-refractivity contribution >= 4 is 0 Å². The maximum Gasteiger partial charge on any atom is 0.389 e. The normalized spacial score (nSPS) is 10.7. The first-order chi connectivity index (χ1) is 8.51. The van der Waals surface area contributed by atoms with Gasteiger partial charge in [0.15, 0.2) is 0 Å². The van der Waals surface area contributed by atoms with Gasteiger partial charge in [-0.05, 0) is 24.6 Å². The molecule has 1 aromatic carbocycles. The number of benzene rings is 1. The molecule has 98 valence electrons. The van der Waals surface area contributed by atoms with E-state index in [1.165, 1.54) is 0 Å². The lowest BCUT2D eigenvalue weighted by Gasteiger charge is -2.08. The number of rotatable bonds is 4. The Hall–Kier alpha value is -1.67. The molecule has 0 atom stereocenters. The Labute approximate surface area is 103 Å². The van der Waals surface area contributed by atoms with E-state index in [0.29, 0.717) is 11.3 Å². The Bertz CT molecular complexity index is 430. The van der Waals surface area contributed by atoms with Gasteiger partial charge in [-0.1, -0.05) is 17.9 Å². The van der Waals surface area contributed by atoms with E-state index in [1.807, 2.05) is 0 Å². The molecule has 0 spiro atoms. The van der Waals surface area contributed by atoms with Crippen LogP contribution in [0.1, 0.15) is 18.4 Å². The summed E-state index contributed by atoms with van der Waals surface area (Å²) in [7, 11) is 0. The number of ether oxygens (including phenoxy) is 1. The Morgan fingerprint density at radius 1 is 1.28 bits per heavy atom. The number of halogens is 3. The Balaban J connectivity index is 2.43. The first-order valence-electron chi connectivity index (χ1n) is 5.40. The lowest BCUT2D eigenvalue weighted by atomic mass is 10.2. The quantitative estimate of drug-likeness (QED) is 0.664. The van der Waals surface area contributed by atoms with Gasteiger partial charge < -0.3 is 9.84 Å². The van der Waals surface area contributed by atoms with Crippen molar-refractivity contribution in [1.29, 1.82) is 0 Å². The largest absolute Gasteiger partial charge is 0.494 e. The first-order valence-corrected chi connectivity index (χ1v) is 5.40. The van der Waals surface area contributed by atoms with Crippen molar-refractivity contribution < 1.29 is 23.0 Å². The predicted octanol–water partition coefficient (Wildman–Crippen LogP) is 2.75. The third-order valence-corrected chi connectivity index (χ3v) is 2.02. The van der Waals surface area contributed by atoms with Crippen molar-refractivity contribution in [1.82, 2.24) is 0 Å². The number of aliphatic hydroxyl groups excluding tert-OH is 1. The molecule has 1 N–H and O–H groups in total. The zero-order valence-corrected chi connectivity index (χ0v) is 9.63. The van der Waals surface area contributed by atoms with Gasteiger partial charge in [-0.15, -0.1) is 0 Å². The van der Waals surface area contributed by atoms with Crippen molar-refractivity contribution in [3.05, 3.63) is 29.8 Å². The summed E-state index contributed by atoms with van der Waals surface area (Å²) in [4.78, 5) is 0. The average molecular weight is 258 g/mol. The van der Waals surface area contributed by atoms with Gasteiger partial charge in [0.25, 0.3) is 0 Å². The number of hydrogen-bond donors (Lipinski definition) is 1. The zero-order chi connectivity index (χ0) is 13.4. The molecule has 0 bridgehead atoms. The van der Waals surface area contributed by atoms with E-state index in [9.17, 15) is 13.2 Å². The fourth-order valence-electron chi connectivity index (χ4n) is 1.27. The SMILES string of the molecule is OCC#Cc1cccc(OCCCC(F)(F)F)c1. The molecule has 0 unspecified atom stereocenters. The fourth-order valence-corrected chi connectivity index (χ4v) is 1.27. The van der Waals surface area contributed by atoms with Crippen LogP contribution in [0.25, 0.3) is 0 Å². The third kappa shape index (κ3) is 6.16. The van der Waals surface area contributed by atoms with Crippen LogP contribution < -0.4 is 4.74 Å². The molecule has 1 rings (SSSR count). The second-order valence-electron chi connectivity index (χ2n) is 3.55. The number of aliphatic hydroxyl groups is 1. The topological polar surface area (TPSA) is 29.5 Å². The van der Waals surface area contributed by atoms with Gasteiger partial charge in [-0.25, -0.2) is 0 Å². The van der Waals surface area contributed by atoms with Gasteiger partial charge in [-0.3, -0.25) is 0 Å². The highest BCUT2D eigenvalue weighted by atomic mass is 19.4. The lowest BCUT2D eigenvalue weighted by Crippen LogP contribution is -2.09. The smallest absolute Gasteiger partial charge is 0.389 e. The standard InChI is InChI=1S/C13H13F3O2/c14-13(15,16)7-3-9-18-12-6-1-4-11(10-12)5-2-8-17/h1,4,6,10,17H,3,7-9H2. The molecule has 0 saturated carbocycles. The van der Waals surface area contributed by atoms with Crippen LogP contribution in [0, 0.1) is 11.8 Å². The molecule has 1 aromatic rings. The van der Waals surface area contributed by atoms with Crippen molar-refractivity contribution in [2.75, 3.05) is 13.2 Å². The Kier molecular flexibility index (Phi) is 5.53. The van der Waals surface area contributed by atoms with Crippen molar-refractivity contribution in [2.45, 2.75) is 19.0 Å². The van der Waals surface area contributed by atoms with Crippen LogP contribution in [-0.4, -0.2) is 24.5 Å². The van der Waals surface area contributed by atoms with Gasteiger partial charge in [0.1, 0.15) is 12.4 Å². The summed E-state index contributed by atoms with van der Waals surface area (Å²) in [6.45, 7) is -0.229. The highest BCUT2D eigenvalue weighted by Gasteiger charge is 2.26. The van der Waals surface area contributed by atoms with Crippen molar-refractivity contribution in [2.24, 2.45) is 0 Å². The molecular weight excluding hydrogens is 245 g/mol. The molecule has 5 heteroatoms. The monoisotopic (exact) mass is 258 g/mol. The van der Waals surface area contributed by atoms with Gasteiger partial charge >= 0.3 is 6.18 Å². The van der Waals surface area contributed by atoms with Crippen molar-refractivity contribution in [3.8, 4) is 17.6 Å². The minimum Gasteiger partial charge on any atom is -0.494 e. The average Bonchev–Trinajstić information content (AvgIpc) is 2.31. The zero-order valence-electron chi connectivity index (χ0n) is 9.63. The maximum atomic E-state index is 11.9. The fraction of sp³-hybridized carbons (Fsp3) is 0.385. The molecule has 0 heterocycles. The van der Waals surface area contributed by atoms with Crippen molar-refractivity contribution in [3.63, 3.8) is 0 Å². The summed E-state index contributed by atoms with van der Waals surface area (Å²) in [6, 6.07) is 6.69. The number of alkyl halides is 3. The molecule has 0 aliphatic heterocycles. The molecule has 0 aromatic heterocycles. The predicted molar refractivity (Wildman–Crippen MR) is 61.2 cm³/mol. The molecule has 18 heavy (non-hydrogen) atoms. The summed E-state index contributed by atoms with van der Waals surface area (Å²) in [5.74, 6) is 5.64. The highest BCUT2D eigenvalue weighted by Crippen LogP contribution is 2.21. The van der Waals surface area contributed by atoms with E-state index in [-0.39, 0.29) is 19.6 Å². The summed E-state index contributed by atoms with van der Waals surface area (Å²) in [5, 5.41) is 8.54. The molecule has 0 aliphatic carbocycles. The van der Waals surface area contributed by atoms with Crippen LogP contribution in [0.2, 0.25) is 0 Å². The molecular formula is C13H13F3O2. The van der Waals surface area contributed by atoms with E-state index >= 15 is 0 Å². The third-order valence-electron chi connectivity index (χ3n) is 2.02. The minimum absolute atomic E-state index is 0.0103. The molecule has 0 radical (unpaired) electrons. The molecule has 0 aliphatic rings. The maximum absolute atomic E-state index is 11.9. The van der Waals surface area contributed by atoms with Crippen LogP contribution in [0.3, 0.4) is 0 Å². The molecule has 0 amide bonds. The molecule has 0 fully saturated rings. The van der Waals surface area contributed by atoms with Crippen LogP contribution in [0.15, 0.2) is 24.3 Å². The van der Waals surface area contributed by atoms with Gasteiger partial charge in [0, 0.05) is 12.0 Å². The first kappa shape index (κ1) is 14.4. The van der Waals surface area contributed by atoms with Crippen LogP contribution in [-0.2, 0) is 0 Å². The van der Waals surface area contributed by atoms with E-state index in [2.05, 4.69) is 11.8 Å². The summed E-state index contributed by atoms with van der Waals surface area (Å²) in [5.41, 5.74) is 0.650. The highest BCUT2D eigenvalue weighted by molar-refractivity contribution is 5.39. The van der Waals surface area contributed by atoms with Crippen LogP contribution in [0.4, 0.5) is 13.2 Å². The van der Waals surface area contributed by atoms with Crippen LogP contribution in [0.5, 0.6) is 5.75 Å². The number of hydrogen-bond acceptors (Lipinski definition) is 2. The van der Waals surface area contributed by atoms with Crippen LogP contribution >= 0.6 is 0 Å². The van der Waals surface area contributed by atoms with E-state index in [1.54, 1.807) is 24.3 Å². The van der Waals surface area contributed by atoms with E-state index in [0.717, 1.165) is 0 Å². The van der Waals surface area contributed by atoms with E-state index < -0.39 is 12.6 Å². The second kappa shape index (κ2) is 6.92. The van der Waals surface area contributed by atoms with Gasteiger partial charge in [-0.2, -0.15) is 13.2 Å². The minimum atomic E-state index is -4.14. The van der Waals surface area contributed by atoms with Gasteiger partial charge in [0.2, 0.25) is 0 Å². The molecule has 0 saturated heterocycles.